The van der Waals surface area contributed by atoms with Crippen LogP contribution < -0.4 is 5.32 Å². The summed E-state index contributed by atoms with van der Waals surface area (Å²) < 4.78 is 4.97. The van der Waals surface area contributed by atoms with E-state index in [1.165, 1.54) is 13.5 Å². The van der Waals surface area contributed by atoms with Crippen molar-refractivity contribution < 1.29 is 9.53 Å². The molecular formula is C16H33N3O2. The lowest BCUT2D eigenvalue weighted by Crippen LogP contribution is -2.53. The maximum atomic E-state index is 12.1. The number of nitrogens with zero attached hydrogens (tertiary/aromatic N) is 2. The minimum Gasteiger partial charge on any atom is -0.468 e. The first-order valence-corrected chi connectivity index (χ1v) is 8.22. The number of ether oxygens (including phenoxy) is 1. The molecule has 0 amide bonds. The van der Waals surface area contributed by atoms with Gasteiger partial charge in [-0.15, -0.1) is 0 Å². The van der Waals surface area contributed by atoms with E-state index >= 15 is 0 Å². The molecule has 0 aromatic carbocycles. The smallest absolute Gasteiger partial charge is 0.325 e. The van der Waals surface area contributed by atoms with Crippen molar-refractivity contribution in [1.29, 1.82) is 0 Å². The molecule has 124 valence electrons. The number of esters is 1. The zero-order valence-electron chi connectivity index (χ0n) is 14.4. The molecule has 1 aliphatic rings. The predicted octanol–water partition coefficient (Wildman–Crippen LogP) is 1.33. The molecule has 0 aromatic rings. The second-order valence-corrected chi connectivity index (χ2v) is 6.32. The molecule has 0 bridgehead atoms. The molecule has 1 N–H and O–H groups in total. The van der Waals surface area contributed by atoms with Crippen LogP contribution in [0.5, 0.6) is 0 Å². The first kappa shape index (κ1) is 18.4. The predicted molar refractivity (Wildman–Crippen MR) is 86.5 cm³/mol. The average molecular weight is 299 g/mol. The number of rotatable bonds is 7. The number of nitrogens with one attached hydrogen (secondary N) is 1. The Kier molecular flexibility index (Phi) is 7.63. The Morgan fingerprint density at radius 2 is 2.10 bits per heavy atom. The number of carbonyl (C=O) groups is 1. The van der Waals surface area contributed by atoms with Crippen molar-refractivity contribution in [2.45, 2.75) is 51.6 Å². The van der Waals surface area contributed by atoms with Gasteiger partial charge in [0.05, 0.1) is 7.11 Å². The molecule has 0 aliphatic carbocycles. The van der Waals surface area contributed by atoms with E-state index in [-0.39, 0.29) is 5.97 Å². The molecule has 0 spiro atoms. The van der Waals surface area contributed by atoms with Gasteiger partial charge in [-0.25, -0.2) is 0 Å². The Bertz CT molecular complexity index is 325. The van der Waals surface area contributed by atoms with Crippen LogP contribution >= 0.6 is 0 Å². The Labute approximate surface area is 130 Å². The van der Waals surface area contributed by atoms with Crippen LogP contribution in [-0.2, 0) is 9.53 Å². The fourth-order valence-electron chi connectivity index (χ4n) is 3.22. The minimum atomic E-state index is -0.583. The van der Waals surface area contributed by atoms with Crippen LogP contribution in [0.25, 0.3) is 0 Å². The normalized spacial score (nSPS) is 24.3. The molecule has 1 saturated heterocycles. The number of hydrogen-bond donors (Lipinski definition) is 1. The van der Waals surface area contributed by atoms with Crippen LogP contribution in [0.15, 0.2) is 0 Å². The van der Waals surface area contributed by atoms with E-state index in [4.69, 9.17) is 4.74 Å². The Balaban J connectivity index is 2.66. The second-order valence-electron chi connectivity index (χ2n) is 6.32. The van der Waals surface area contributed by atoms with Crippen LogP contribution in [0, 0.1) is 0 Å². The molecule has 1 rings (SSSR count). The molecule has 2 unspecified atom stereocenters. The van der Waals surface area contributed by atoms with Gasteiger partial charge in [0.2, 0.25) is 0 Å². The average Bonchev–Trinajstić information content (AvgIpc) is 2.65. The fraction of sp³-hybridized carbons (Fsp3) is 0.938. The van der Waals surface area contributed by atoms with Crippen LogP contribution in [0.4, 0.5) is 0 Å². The summed E-state index contributed by atoms with van der Waals surface area (Å²) in [5.41, 5.74) is -0.583. The highest BCUT2D eigenvalue weighted by Gasteiger charge is 2.34. The van der Waals surface area contributed by atoms with Crippen molar-refractivity contribution in [2.75, 3.05) is 46.9 Å². The van der Waals surface area contributed by atoms with Gasteiger partial charge >= 0.3 is 5.97 Å². The van der Waals surface area contributed by atoms with E-state index in [0.717, 1.165) is 45.6 Å². The van der Waals surface area contributed by atoms with Gasteiger partial charge in [-0.3, -0.25) is 9.69 Å². The van der Waals surface area contributed by atoms with Gasteiger partial charge in [0.25, 0.3) is 0 Å². The molecule has 0 radical (unpaired) electrons. The molecule has 21 heavy (non-hydrogen) atoms. The van der Waals surface area contributed by atoms with E-state index in [0.29, 0.717) is 6.04 Å². The summed E-state index contributed by atoms with van der Waals surface area (Å²) in [7, 11) is 3.66. The summed E-state index contributed by atoms with van der Waals surface area (Å²) in [5, 5.41) is 3.29. The van der Waals surface area contributed by atoms with Crippen molar-refractivity contribution >= 4 is 5.97 Å². The maximum Gasteiger partial charge on any atom is 0.325 e. The SMILES string of the molecule is CCNC(C)(CCN1CCCN(C)CC1CC)C(=O)OC. The first-order valence-electron chi connectivity index (χ1n) is 8.22. The van der Waals surface area contributed by atoms with Crippen molar-refractivity contribution in [3.63, 3.8) is 0 Å². The van der Waals surface area contributed by atoms with Gasteiger partial charge in [0, 0.05) is 19.1 Å². The zero-order valence-corrected chi connectivity index (χ0v) is 14.4. The standard InChI is InChI=1S/C16H33N3O2/c1-6-14-13-18(4)10-8-11-19(14)12-9-16(3,17-7-2)15(20)21-5/h14,17H,6-13H2,1-5H3. The van der Waals surface area contributed by atoms with Crippen molar-refractivity contribution in [2.24, 2.45) is 0 Å². The molecule has 0 aromatic heterocycles. The molecule has 0 saturated carbocycles. The van der Waals surface area contributed by atoms with Crippen molar-refractivity contribution in [3.8, 4) is 0 Å². The van der Waals surface area contributed by atoms with Gasteiger partial charge in [-0.1, -0.05) is 13.8 Å². The number of hydrogen-bond acceptors (Lipinski definition) is 5. The molecule has 1 fully saturated rings. The van der Waals surface area contributed by atoms with E-state index in [9.17, 15) is 4.79 Å². The lowest BCUT2D eigenvalue weighted by atomic mass is 9.96. The monoisotopic (exact) mass is 299 g/mol. The second kappa shape index (κ2) is 8.71. The molecule has 5 nitrogen and oxygen atoms in total. The van der Waals surface area contributed by atoms with Crippen LogP contribution in [-0.4, -0.2) is 74.2 Å². The summed E-state index contributed by atoms with van der Waals surface area (Å²) in [6, 6.07) is 0.584. The molecule has 2 atom stereocenters. The van der Waals surface area contributed by atoms with Gasteiger partial charge in [0.1, 0.15) is 5.54 Å². The summed E-state index contributed by atoms with van der Waals surface area (Å²) >= 11 is 0. The molecule has 5 heteroatoms. The van der Waals surface area contributed by atoms with E-state index < -0.39 is 5.54 Å². The van der Waals surface area contributed by atoms with Crippen LogP contribution in [0.3, 0.4) is 0 Å². The van der Waals surface area contributed by atoms with Crippen molar-refractivity contribution in [3.05, 3.63) is 0 Å². The molecule has 1 heterocycles. The van der Waals surface area contributed by atoms with E-state index in [1.54, 1.807) is 0 Å². The van der Waals surface area contributed by atoms with Gasteiger partial charge < -0.3 is 15.0 Å². The van der Waals surface area contributed by atoms with Gasteiger partial charge in [0.15, 0.2) is 0 Å². The lowest BCUT2D eigenvalue weighted by Gasteiger charge is -2.34. The number of likely N-dealkylation sites (N-methyl/N-ethyl adjacent to an activating group) is 2. The number of carbonyl (C=O) groups excluding carboxylic acids is 1. The Hall–Kier alpha value is -0.650. The minimum absolute atomic E-state index is 0.163. The highest BCUT2D eigenvalue weighted by Crippen LogP contribution is 2.17. The Morgan fingerprint density at radius 1 is 1.38 bits per heavy atom. The summed E-state index contributed by atoms with van der Waals surface area (Å²) in [5.74, 6) is -0.163. The maximum absolute atomic E-state index is 12.1. The summed E-state index contributed by atoms with van der Waals surface area (Å²) in [6.45, 7) is 11.3. The quantitative estimate of drug-likeness (QED) is 0.719. The lowest BCUT2D eigenvalue weighted by molar-refractivity contribution is -0.148. The topological polar surface area (TPSA) is 44.8 Å². The third kappa shape index (κ3) is 5.24. The zero-order chi connectivity index (χ0) is 15.9. The van der Waals surface area contributed by atoms with E-state index in [1.807, 2.05) is 13.8 Å². The number of methoxy groups -OCH3 is 1. The third-order valence-corrected chi connectivity index (χ3v) is 4.60. The van der Waals surface area contributed by atoms with Crippen molar-refractivity contribution in [1.82, 2.24) is 15.1 Å². The fourth-order valence-corrected chi connectivity index (χ4v) is 3.22. The summed E-state index contributed by atoms with van der Waals surface area (Å²) in [6.07, 6.45) is 3.14. The molecule has 1 aliphatic heterocycles. The van der Waals surface area contributed by atoms with E-state index in [2.05, 4.69) is 29.1 Å². The van der Waals surface area contributed by atoms with Gasteiger partial charge in [-0.2, -0.15) is 0 Å². The molecular weight excluding hydrogens is 266 g/mol. The first-order chi connectivity index (χ1) is 9.96. The highest BCUT2D eigenvalue weighted by molar-refractivity contribution is 5.80. The summed E-state index contributed by atoms with van der Waals surface area (Å²) in [4.78, 5) is 17.0. The van der Waals surface area contributed by atoms with Gasteiger partial charge in [-0.05, 0) is 52.9 Å². The van der Waals surface area contributed by atoms with Crippen LogP contribution in [0.2, 0.25) is 0 Å². The largest absolute Gasteiger partial charge is 0.468 e. The Morgan fingerprint density at radius 3 is 2.67 bits per heavy atom. The third-order valence-electron chi connectivity index (χ3n) is 4.60. The van der Waals surface area contributed by atoms with Crippen LogP contribution in [0.1, 0.15) is 40.0 Å². The highest BCUT2D eigenvalue weighted by atomic mass is 16.5.